The number of rotatable bonds is 0. The SMILES string of the molecule is C1C2C[C@@]34C1[C@]3(C2)[C@H]1CC[C@@H]4C1. The van der Waals surface area contributed by atoms with Gasteiger partial charge in [-0.2, -0.15) is 0 Å². The molecule has 6 rings (SSSR count). The molecule has 0 aliphatic heterocycles. The van der Waals surface area contributed by atoms with Crippen LogP contribution in [0.3, 0.4) is 0 Å². The van der Waals surface area contributed by atoms with Crippen LogP contribution in [0.15, 0.2) is 0 Å². The molecule has 0 N–H and O–H groups in total. The Morgan fingerprint density at radius 3 is 2.08 bits per heavy atom. The predicted molar refractivity (Wildman–Crippen MR) is 46.5 cm³/mol. The van der Waals surface area contributed by atoms with Crippen LogP contribution in [0.5, 0.6) is 0 Å². The highest BCUT2D eigenvalue weighted by Crippen LogP contribution is 2.97. The highest BCUT2D eigenvalue weighted by Gasteiger charge is 2.91. The maximum Gasteiger partial charge on any atom is -0.0170 e. The molecule has 6 fully saturated rings. The Bertz CT molecular complexity index is 260. The van der Waals surface area contributed by atoms with Crippen LogP contribution >= 0.6 is 0 Å². The van der Waals surface area contributed by atoms with Gasteiger partial charge in [-0.05, 0) is 73.0 Å². The first-order valence-electron chi connectivity index (χ1n) is 5.88. The minimum atomic E-state index is 1.00. The fraction of sp³-hybridized carbons (Fsp3) is 1.00. The van der Waals surface area contributed by atoms with Crippen molar-refractivity contribution >= 4 is 0 Å². The van der Waals surface area contributed by atoms with Crippen molar-refractivity contribution < 1.29 is 0 Å². The van der Waals surface area contributed by atoms with E-state index in [0.717, 1.165) is 10.8 Å². The summed E-state index contributed by atoms with van der Waals surface area (Å²) in [6.45, 7) is 0. The molecule has 0 aromatic carbocycles. The zero-order valence-electron chi connectivity index (χ0n) is 7.55. The molecule has 12 heavy (non-hydrogen) atoms. The minimum absolute atomic E-state index is 1.00. The molecule has 0 aromatic heterocycles. The normalized spacial score (nSPS) is 80.0. The molecule has 0 aromatic rings. The second-order valence-electron chi connectivity index (χ2n) is 6.35. The van der Waals surface area contributed by atoms with Crippen molar-refractivity contribution in [1.29, 1.82) is 0 Å². The second-order valence-corrected chi connectivity index (χ2v) is 6.35. The number of hydrogen-bond acceptors (Lipinski definition) is 0. The molecule has 64 valence electrons. The highest BCUT2D eigenvalue weighted by molar-refractivity contribution is 5.39. The van der Waals surface area contributed by atoms with Crippen molar-refractivity contribution in [2.45, 2.75) is 38.5 Å². The van der Waals surface area contributed by atoms with Crippen LogP contribution in [-0.4, -0.2) is 0 Å². The smallest absolute Gasteiger partial charge is 0.0170 e. The van der Waals surface area contributed by atoms with E-state index in [-0.39, 0.29) is 0 Å². The van der Waals surface area contributed by atoms with Crippen LogP contribution in [0.2, 0.25) is 0 Å². The maximum absolute atomic E-state index is 1.68. The Kier molecular flexibility index (Phi) is 0.578. The van der Waals surface area contributed by atoms with Crippen LogP contribution in [-0.2, 0) is 0 Å². The summed E-state index contributed by atoms with van der Waals surface area (Å²) in [5.41, 5.74) is 2.00. The van der Waals surface area contributed by atoms with Gasteiger partial charge in [0.1, 0.15) is 0 Å². The van der Waals surface area contributed by atoms with E-state index in [4.69, 9.17) is 0 Å². The molecule has 6 saturated carbocycles. The fourth-order valence-corrected chi connectivity index (χ4v) is 6.94. The molecule has 0 saturated heterocycles. The first kappa shape index (κ1) is 5.67. The third kappa shape index (κ3) is 0.278. The van der Waals surface area contributed by atoms with Crippen molar-refractivity contribution in [3.63, 3.8) is 0 Å². The molecule has 0 heterocycles. The van der Waals surface area contributed by atoms with Crippen molar-refractivity contribution in [3.8, 4) is 0 Å². The molecule has 0 radical (unpaired) electrons. The van der Waals surface area contributed by atoms with Gasteiger partial charge in [0, 0.05) is 0 Å². The molecular formula is C12H16. The summed E-state index contributed by atoms with van der Waals surface area (Å²) >= 11 is 0. The van der Waals surface area contributed by atoms with Gasteiger partial charge >= 0.3 is 0 Å². The monoisotopic (exact) mass is 160 g/mol. The Labute approximate surface area is 73.7 Å². The molecular weight excluding hydrogens is 144 g/mol. The van der Waals surface area contributed by atoms with E-state index in [2.05, 4.69) is 0 Å². The van der Waals surface area contributed by atoms with E-state index in [1.807, 2.05) is 0 Å². The largest absolute Gasteiger partial charge is 0.0496 e. The van der Waals surface area contributed by atoms with Gasteiger partial charge < -0.3 is 0 Å². The van der Waals surface area contributed by atoms with E-state index in [1.165, 1.54) is 23.7 Å². The van der Waals surface area contributed by atoms with Crippen molar-refractivity contribution in [2.24, 2.45) is 34.5 Å². The second kappa shape index (κ2) is 1.22. The first-order valence-corrected chi connectivity index (χ1v) is 5.88. The molecule has 2 unspecified atom stereocenters. The Morgan fingerprint density at radius 2 is 1.50 bits per heavy atom. The predicted octanol–water partition coefficient (Wildman–Crippen LogP) is 2.83. The third-order valence-corrected chi connectivity index (χ3v) is 6.74. The minimum Gasteiger partial charge on any atom is -0.0496 e. The molecule has 6 aliphatic rings. The van der Waals surface area contributed by atoms with Crippen LogP contribution in [0.1, 0.15) is 38.5 Å². The van der Waals surface area contributed by atoms with Gasteiger partial charge in [-0.1, -0.05) is 0 Å². The van der Waals surface area contributed by atoms with Gasteiger partial charge in [0.15, 0.2) is 0 Å². The first-order chi connectivity index (χ1) is 5.88. The summed E-state index contributed by atoms with van der Waals surface area (Å²) in [5.74, 6) is 4.92. The standard InChI is InChI=1S/C12H16/c1-2-9-4-8(1)11-5-7-3-10(11)12(9,11)6-7/h7-10H,1-6H2/t7?,8-,9+,10?,11-,12+. The highest BCUT2D eigenvalue weighted by atomic mass is 14.9. The molecule has 6 aliphatic carbocycles. The van der Waals surface area contributed by atoms with Gasteiger partial charge in [-0.25, -0.2) is 0 Å². The van der Waals surface area contributed by atoms with Crippen LogP contribution in [0, 0.1) is 34.5 Å². The lowest BCUT2D eigenvalue weighted by Gasteiger charge is -2.22. The van der Waals surface area contributed by atoms with E-state index >= 15 is 0 Å². The van der Waals surface area contributed by atoms with E-state index < -0.39 is 0 Å². The summed E-state index contributed by atoms with van der Waals surface area (Å²) in [5, 5.41) is 0. The molecule has 2 spiro atoms. The summed E-state index contributed by atoms with van der Waals surface area (Å²) in [6.07, 6.45) is 9.92. The fourth-order valence-electron chi connectivity index (χ4n) is 6.94. The lowest BCUT2D eigenvalue weighted by molar-refractivity contribution is 0.259. The van der Waals surface area contributed by atoms with E-state index in [1.54, 1.807) is 38.5 Å². The van der Waals surface area contributed by atoms with Gasteiger partial charge in [0.2, 0.25) is 0 Å². The Morgan fingerprint density at radius 1 is 0.833 bits per heavy atom. The van der Waals surface area contributed by atoms with Crippen LogP contribution in [0.4, 0.5) is 0 Å². The zero-order valence-corrected chi connectivity index (χ0v) is 7.55. The average Bonchev–Trinajstić information content (AvgIpc) is 2.74. The summed E-state index contributed by atoms with van der Waals surface area (Å²) in [6, 6.07) is 0. The zero-order chi connectivity index (χ0) is 7.55. The lowest BCUT2D eigenvalue weighted by Crippen LogP contribution is -2.15. The summed E-state index contributed by atoms with van der Waals surface area (Å²) in [4.78, 5) is 0. The number of hydrogen-bond donors (Lipinski definition) is 0. The van der Waals surface area contributed by atoms with Crippen molar-refractivity contribution in [2.75, 3.05) is 0 Å². The van der Waals surface area contributed by atoms with Crippen LogP contribution in [0.25, 0.3) is 0 Å². The topological polar surface area (TPSA) is 0 Å². The molecule has 0 heteroatoms. The quantitative estimate of drug-likeness (QED) is 0.511. The van der Waals surface area contributed by atoms with Gasteiger partial charge in [0.05, 0.1) is 0 Å². The number of fused-ring (bicyclic) bond motifs is 2. The summed E-state index contributed by atoms with van der Waals surface area (Å²) < 4.78 is 0. The van der Waals surface area contributed by atoms with Gasteiger partial charge in [-0.3, -0.25) is 0 Å². The van der Waals surface area contributed by atoms with Gasteiger partial charge in [-0.15, -0.1) is 0 Å². The van der Waals surface area contributed by atoms with E-state index in [0.29, 0.717) is 0 Å². The maximum atomic E-state index is 1.68. The lowest BCUT2D eigenvalue weighted by atomic mass is 9.82. The Balaban J connectivity index is 1.84. The average molecular weight is 160 g/mol. The molecule has 6 bridgehead atoms. The van der Waals surface area contributed by atoms with Crippen molar-refractivity contribution in [1.82, 2.24) is 0 Å². The molecule has 0 nitrogen and oxygen atoms in total. The van der Waals surface area contributed by atoms with Crippen molar-refractivity contribution in [3.05, 3.63) is 0 Å². The summed E-state index contributed by atoms with van der Waals surface area (Å²) in [7, 11) is 0. The molecule has 0 amide bonds. The van der Waals surface area contributed by atoms with E-state index in [9.17, 15) is 0 Å². The molecule has 6 atom stereocenters. The third-order valence-electron chi connectivity index (χ3n) is 6.74. The van der Waals surface area contributed by atoms with Crippen LogP contribution < -0.4 is 0 Å². The van der Waals surface area contributed by atoms with Gasteiger partial charge in [0.25, 0.3) is 0 Å². The Hall–Kier alpha value is 0.